The summed E-state index contributed by atoms with van der Waals surface area (Å²) in [7, 11) is 4.42. The minimum absolute atomic E-state index is 0.0847. The SMILES string of the molecule is COc1ccc(C2/C(=C(\O)c3cc(Cl)c(OC)cc3OC)C(=O)C(=O)N2c2ccccc2)cc1. The van der Waals surface area contributed by atoms with E-state index in [-0.39, 0.29) is 21.9 Å². The zero-order valence-corrected chi connectivity index (χ0v) is 19.5. The van der Waals surface area contributed by atoms with Gasteiger partial charge in [0.1, 0.15) is 23.0 Å². The monoisotopic (exact) mass is 479 g/mol. The van der Waals surface area contributed by atoms with E-state index in [1.54, 1.807) is 55.6 Å². The Hall–Kier alpha value is -3.97. The summed E-state index contributed by atoms with van der Waals surface area (Å²) in [6.07, 6.45) is 0. The Morgan fingerprint density at radius 1 is 0.882 bits per heavy atom. The fourth-order valence-electron chi connectivity index (χ4n) is 3.98. The lowest BCUT2D eigenvalue weighted by Crippen LogP contribution is -2.29. The summed E-state index contributed by atoms with van der Waals surface area (Å²) in [6.45, 7) is 0. The molecule has 3 aromatic rings. The van der Waals surface area contributed by atoms with Gasteiger partial charge in [0, 0.05) is 11.8 Å². The molecule has 1 heterocycles. The van der Waals surface area contributed by atoms with E-state index in [0.717, 1.165) is 0 Å². The van der Waals surface area contributed by atoms with Gasteiger partial charge in [-0.25, -0.2) is 0 Å². The Bertz CT molecular complexity index is 1270. The molecule has 34 heavy (non-hydrogen) atoms. The summed E-state index contributed by atoms with van der Waals surface area (Å²) in [5, 5.41) is 11.6. The minimum atomic E-state index is -0.890. The van der Waals surface area contributed by atoms with Crippen LogP contribution in [0.3, 0.4) is 0 Å². The molecule has 0 aromatic heterocycles. The van der Waals surface area contributed by atoms with E-state index in [0.29, 0.717) is 22.7 Å². The molecule has 7 nitrogen and oxygen atoms in total. The highest BCUT2D eigenvalue weighted by atomic mass is 35.5. The van der Waals surface area contributed by atoms with Crippen molar-refractivity contribution in [2.24, 2.45) is 0 Å². The quantitative estimate of drug-likeness (QED) is 0.304. The van der Waals surface area contributed by atoms with E-state index in [2.05, 4.69) is 0 Å². The van der Waals surface area contributed by atoms with Crippen molar-refractivity contribution in [3.05, 3.63) is 88.5 Å². The highest BCUT2D eigenvalue weighted by Gasteiger charge is 2.47. The van der Waals surface area contributed by atoms with Gasteiger partial charge in [-0.2, -0.15) is 0 Å². The zero-order chi connectivity index (χ0) is 24.4. The van der Waals surface area contributed by atoms with Crippen LogP contribution in [0.1, 0.15) is 17.2 Å². The Labute approximate surface area is 201 Å². The van der Waals surface area contributed by atoms with Gasteiger partial charge in [-0.15, -0.1) is 0 Å². The van der Waals surface area contributed by atoms with Crippen molar-refractivity contribution in [1.82, 2.24) is 0 Å². The average Bonchev–Trinajstić information content (AvgIpc) is 3.14. The van der Waals surface area contributed by atoms with E-state index in [4.69, 9.17) is 25.8 Å². The molecule has 3 aromatic carbocycles. The van der Waals surface area contributed by atoms with Crippen LogP contribution in [-0.2, 0) is 9.59 Å². The summed E-state index contributed by atoms with van der Waals surface area (Å²) < 4.78 is 15.9. The van der Waals surface area contributed by atoms with E-state index >= 15 is 0 Å². The molecule has 1 N–H and O–H groups in total. The number of hydrogen-bond acceptors (Lipinski definition) is 6. The van der Waals surface area contributed by atoms with Gasteiger partial charge in [0.2, 0.25) is 0 Å². The Morgan fingerprint density at radius 2 is 1.53 bits per heavy atom. The van der Waals surface area contributed by atoms with Crippen LogP contribution in [0, 0.1) is 0 Å². The van der Waals surface area contributed by atoms with Crippen LogP contribution in [0.15, 0.2) is 72.3 Å². The minimum Gasteiger partial charge on any atom is -0.507 e. The third-order valence-electron chi connectivity index (χ3n) is 5.64. The van der Waals surface area contributed by atoms with Crippen molar-refractivity contribution in [3.63, 3.8) is 0 Å². The smallest absolute Gasteiger partial charge is 0.300 e. The fraction of sp³-hybridized carbons (Fsp3) is 0.154. The number of hydrogen-bond donors (Lipinski definition) is 1. The molecule has 1 fully saturated rings. The van der Waals surface area contributed by atoms with Gasteiger partial charge < -0.3 is 19.3 Å². The number of amides is 1. The van der Waals surface area contributed by atoms with Gasteiger partial charge in [-0.3, -0.25) is 14.5 Å². The zero-order valence-electron chi connectivity index (χ0n) is 18.7. The molecular weight excluding hydrogens is 458 g/mol. The molecule has 8 heteroatoms. The fourth-order valence-corrected chi connectivity index (χ4v) is 4.22. The van der Waals surface area contributed by atoms with Gasteiger partial charge in [0.05, 0.1) is 43.5 Å². The normalized spacial score (nSPS) is 17.1. The number of Topliss-reactive ketones (excluding diaryl/α,β-unsaturated/α-hetero) is 1. The highest BCUT2D eigenvalue weighted by Crippen LogP contribution is 2.44. The lowest BCUT2D eigenvalue weighted by atomic mass is 9.94. The highest BCUT2D eigenvalue weighted by molar-refractivity contribution is 6.51. The van der Waals surface area contributed by atoms with Gasteiger partial charge in [-0.05, 0) is 35.9 Å². The number of para-hydroxylation sites is 1. The molecule has 0 spiro atoms. The van der Waals surface area contributed by atoms with Crippen molar-refractivity contribution >= 4 is 34.7 Å². The summed E-state index contributed by atoms with van der Waals surface area (Å²) in [5.74, 6) is -0.795. The molecule has 1 atom stereocenters. The van der Waals surface area contributed by atoms with E-state index in [1.165, 1.54) is 31.3 Å². The molecule has 1 unspecified atom stereocenters. The first-order valence-corrected chi connectivity index (χ1v) is 10.7. The van der Waals surface area contributed by atoms with Crippen molar-refractivity contribution < 1.29 is 28.9 Å². The van der Waals surface area contributed by atoms with Crippen LogP contribution in [0.2, 0.25) is 5.02 Å². The molecular formula is C26H22ClNO6. The van der Waals surface area contributed by atoms with Crippen molar-refractivity contribution in [2.45, 2.75) is 6.04 Å². The van der Waals surface area contributed by atoms with Crippen LogP contribution < -0.4 is 19.1 Å². The van der Waals surface area contributed by atoms with Crippen molar-refractivity contribution in [2.75, 3.05) is 26.2 Å². The third kappa shape index (κ3) is 3.95. The van der Waals surface area contributed by atoms with Crippen LogP contribution in [0.25, 0.3) is 5.76 Å². The maximum atomic E-state index is 13.3. The van der Waals surface area contributed by atoms with Gasteiger partial charge in [0.15, 0.2) is 0 Å². The Morgan fingerprint density at radius 3 is 2.12 bits per heavy atom. The maximum Gasteiger partial charge on any atom is 0.300 e. The first-order valence-electron chi connectivity index (χ1n) is 10.3. The van der Waals surface area contributed by atoms with Crippen LogP contribution in [0.5, 0.6) is 17.2 Å². The molecule has 4 rings (SSSR count). The number of ether oxygens (including phenoxy) is 3. The summed E-state index contributed by atoms with van der Waals surface area (Å²) in [5.41, 5.74) is 1.21. The first kappa shape index (κ1) is 23.2. The van der Waals surface area contributed by atoms with Crippen LogP contribution in [-0.4, -0.2) is 38.1 Å². The summed E-state index contributed by atoms with van der Waals surface area (Å²) >= 11 is 6.30. The number of ketones is 1. The van der Waals surface area contributed by atoms with Gasteiger partial charge in [-0.1, -0.05) is 41.9 Å². The Balaban J connectivity index is 1.97. The predicted octanol–water partition coefficient (Wildman–Crippen LogP) is 4.99. The molecule has 0 bridgehead atoms. The van der Waals surface area contributed by atoms with Crippen molar-refractivity contribution in [3.8, 4) is 17.2 Å². The molecule has 0 radical (unpaired) electrons. The van der Waals surface area contributed by atoms with Crippen LogP contribution in [0.4, 0.5) is 5.69 Å². The summed E-state index contributed by atoms with van der Waals surface area (Å²) in [4.78, 5) is 27.9. The number of methoxy groups -OCH3 is 3. The van der Waals surface area contributed by atoms with Gasteiger partial charge >= 0.3 is 0 Å². The molecule has 174 valence electrons. The predicted molar refractivity (Wildman–Crippen MR) is 129 cm³/mol. The topological polar surface area (TPSA) is 85.3 Å². The largest absolute Gasteiger partial charge is 0.507 e. The number of carbonyl (C=O) groups excluding carboxylic acids is 2. The lowest BCUT2D eigenvalue weighted by molar-refractivity contribution is -0.132. The van der Waals surface area contributed by atoms with E-state index in [1.807, 2.05) is 6.07 Å². The third-order valence-corrected chi connectivity index (χ3v) is 5.93. The number of carbonyl (C=O) groups is 2. The van der Waals surface area contributed by atoms with Crippen LogP contribution >= 0.6 is 11.6 Å². The number of nitrogens with zero attached hydrogens (tertiary/aromatic N) is 1. The first-order chi connectivity index (χ1) is 16.4. The van der Waals surface area contributed by atoms with E-state index in [9.17, 15) is 14.7 Å². The lowest BCUT2D eigenvalue weighted by Gasteiger charge is -2.25. The molecule has 0 saturated carbocycles. The second kappa shape index (κ2) is 9.49. The average molecular weight is 480 g/mol. The number of halogens is 1. The standard InChI is InChI=1S/C26H22ClNO6/c1-32-17-11-9-15(10-12-17)23-22(25(30)26(31)28(23)16-7-5-4-6-8-16)24(29)18-13-19(27)21(34-3)14-20(18)33-2/h4-14,23,29H,1-3H3/b24-22+. The maximum absolute atomic E-state index is 13.3. The number of rotatable bonds is 6. The second-order valence-corrected chi connectivity index (χ2v) is 7.87. The molecule has 0 aliphatic carbocycles. The number of anilines is 1. The van der Waals surface area contributed by atoms with Gasteiger partial charge in [0.25, 0.3) is 11.7 Å². The van der Waals surface area contributed by atoms with Crippen molar-refractivity contribution in [1.29, 1.82) is 0 Å². The van der Waals surface area contributed by atoms with E-state index < -0.39 is 23.5 Å². The second-order valence-electron chi connectivity index (χ2n) is 7.46. The Kier molecular flexibility index (Phi) is 6.47. The molecule has 1 aliphatic rings. The summed E-state index contributed by atoms with van der Waals surface area (Å²) in [6, 6.07) is 17.8. The molecule has 1 amide bonds. The number of benzene rings is 3. The molecule has 1 aliphatic heterocycles. The number of aliphatic hydroxyl groups excluding tert-OH is 1. The molecule has 1 saturated heterocycles. The number of aliphatic hydroxyl groups is 1.